The number of fused-ring (bicyclic) bond motifs is 1. The van der Waals surface area contributed by atoms with E-state index >= 15 is 0 Å². The van der Waals surface area contributed by atoms with Gasteiger partial charge in [0.15, 0.2) is 0 Å². The molecule has 2 N–H and O–H groups in total. The molecular formula is C28H34N4O3. The zero-order valence-corrected chi connectivity index (χ0v) is 20.6. The van der Waals surface area contributed by atoms with Gasteiger partial charge < -0.3 is 20.3 Å². The number of amidine groups is 1. The van der Waals surface area contributed by atoms with Crippen LogP contribution in [0.1, 0.15) is 54.6 Å². The van der Waals surface area contributed by atoms with E-state index in [2.05, 4.69) is 18.8 Å². The second-order valence-corrected chi connectivity index (χ2v) is 9.14. The Kier molecular flexibility index (Phi) is 7.98. The average Bonchev–Trinajstić information content (AvgIpc) is 3.00. The highest BCUT2D eigenvalue weighted by molar-refractivity contribution is 6.06. The van der Waals surface area contributed by atoms with Gasteiger partial charge in [-0.05, 0) is 36.6 Å². The second-order valence-electron chi connectivity index (χ2n) is 9.14. The van der Waals surface area contributed by atoms with E-state index in [0.717, 1.165) is 24.0 Å². The van der Waals surface area contributed by atoms with E-state index in [4.69, 9.17) is 10.5 Å². The molecule has 35 heavy (non-hydrogen) atoms. The highest BCUT2D eigenvalue weighted by Gasteiger charge is 2.32. The molecule has 7 nitrogen and oxygen atoms in total. The molecule has 0 aromatic heterocycles. The van der Waals surface area contributed by atoms with Gasteiger partial charge >= 0.3 is 0 Å². The van der Waals surface area contributed by atoms with Gasteiger partial charge in [-0.3, -0.25) is 9.59 Å². The maximum Gasteiger partial charge on any atom is 0.254 e. The summed E-state index contributed by atoms with van der Waals surface area (Å²) in [5.74, 6) is 0.323. The first-order chi connectivity index (χ1) is 17.0. The first-order valence-corrected chi connectivity index (χ1v) is 12.4. The lowest BCUT2D eigenvalue weighted by Gasteiger charge is -2.39. The predicted octanol–water partition coefficient (Wildman–Crippen LogP) is 4.15. The minimum Gasteiger partial charge on any atom is -0.387 e. The number of nitrogens with zero attached hydrogens (tertiary/aromatic N) is 3. The molecule has 2 amide bonds. The minimum absolute atomic E-state index is 0.00183. The van der Waals surface area contributed by atoms with E-state index in [1.54, 1.807) is 17.0 Å². The molecule has 0 saturated carbocycles. The Morgan fingerprint density at radius 3 is 2.49 bits per heavy atom. The van der Waals surface area contributed by atoms with Crippen molar-refractivity contribution in [3.05, 3.63) is 70.8 Å². The molecule has 4 rings (SSSR count). The summed E-state index contributed by atoms with van der Waals surface area (Å²) in [4.78, 5) is 34.3. The molecule has 1 saturated heterocycles. The van der Waals surface area contributed by atoms with Gasteiger partial charge in [-0.2, -0.15) is 0 Å². The van der Waals surface area contributed by atoms with Gasteiger partial charge in [0.1, 0.15) is 5.84 Å². The highest BCUT2D eigenvalue weighted by atomic mass is 16.5. The van der Waals surface area contributed by atoms with Crippen molar-refractivity contribution in [1.29, 1.82) is 0 Å². The summed E-state index contributed by atoms with van der Waals surface area (Å²) in [6.07, 6.45) is 4.01. The molecule has 7 heteroatoms. The first-order valence-electron chi connectivity index (χ1n) is 12.4. The summed E-state index contributed by atoms with van der Waals surface area (Å²) in [7, 11) is 0. The number of benzene rings is 2. The Morgan fingerprint density at radius 2 is 1.80 bits per heavy atom. The van der Waals surface area contributed by atoms with Crippen LogP contribution in [0.3, 0.4) is 0 Å². The fraction of sp³-hybridized carbons (Fsp3) is 0.393. The Balaban J connectivity index is 1.42. The van der Waals surface area contributed by atoms with Crippen molar-refractivity contribution in [2.75, 3.05) is 26.2 Å². The van der Waals surface area contributed by atoms with Crippen molar-refractivity contribution in [3.8, 4) is 0 Å². The van der Waals surface area contributed by atoms with Crippen LogP contribution >= 0.6 is 0 Å². The molecule has 2 aromatic carbocycles. The van der Waals surface area contributed by atoms with Crippen LogP contribution in [0.5, 0.6) is 0 Å². The molecular weight excluding hydrogens is 440 g/mol. The molecule has 0 radical (unpaired) electrons. The molecule has 0 atom stereocenters. The van der Waals surface area contributed by atoms with Gasteiger partial charge in [0.05, 0.1) is 18.4 Å². The average molecular weight is 475 g/mol. The van der Waals surface area contributed by atoms with Crippen molar-refractivity contribution >= 4 is 29.4 Å². The van der Waals surface area contributed by atoms with Crippen molar-refractivity contribution in [2.45, 2.75) is 45.8 Å². The van der Waals surface area contributed by atoms with Crippen LogP contribution in [0.4, 0.5) is 5.69 Å². The minimum atomic E-state index is -0.0530. The Hall–Kier alpha value is -3.45. The van der Waals surface area contributed by atoms with Crippen LogP contribution in [0.25, 0.3) is 6.08 Å². The summed E-state index contributed by atoms with van der Waals surface area (Å²) in [5.41, 5.74) is 9.90. The number of hydrogen-bond donors (Lipinski definition) is 1. The molecule has 1 fully saturated rings. The van der Waals surface area contributed by atoms with Crippen molar-refractivity contribution in [3.63, 3.8) is 0 Å². The predicted molar refractivity (Wildman–Crippen MR) is 138 cm³/mol. The number of carbonyl (C=O) groups is 2. The molecule has 2 heterocycles. The number of carbonyl (C=O) groups excluding carboxylic acids is 2. The molecule has 0 unspecified atom stereocenters. The number of nitrogens with two attached hydrogens (primary N) is 1. The smallest absolute Gasteiger partial charge is 0.254 e. The van der Waals surface area contributed by atoms with Gasteiger partial charge in [-0.1, -0.05) is 50.2 Å². The summed E-state index contributed by atoms with van der Waals surface area (Å²) in [5, 5.41) is 0. The van der Waals surface area contributed by atoms with Gasteiger partial charge in [0.25, 0.3) is 5.91 Å². The number of aliphatic imine (C=N–C) groups is 1. The van der Waals surface area contributed by atoms with Gasteiger partial charge in [0.2, 0.25) is 5.91 Å². The standard InChI is InChI=1S/C28H34N4O3/c1-3-12-31(13-4-2)28(34)23-14-21-10-11-22(15-25(21)30-26(29)16-23)27(33)32-17-24(18-32)35-19-20-8-6-5-7-9-20/h5-11,14-15,24H,3-4,12-13,16-19H2,1-2H3,(H2,29,30). The topological polar surface area (TPSA) is 88.2 Å². The van der Waals surface area contributed by atoms with Crippen LogP contribution in [-0.2, 0) is 16.1 Å². The number of likely N-dealkylation sites (tertiary alicyclic amines) is 1. The van der Waals surface area contributed by atoms with Crippen LogP contribution < -0.4 is 5.73 Å². The largest absolute Gasteiger partial charge is 0.387 e. The third kappa shape index (κ3) is 5.98. The SMILES string of the molecule is CCCN(CCC)C(=O)C1=Cc2ccc(C(=O)N3CC(OCc4ccccc4)C3)cc2N=C(N)C1. The lowest BCUT2D eigenvalue weighted by molar-refractivity contribution is -0.127. The summed E-state index contributed by atoms with van der Waals surface area (Å²) < 4.78 is 5.91. The molecule has 2 aromatic rings. The zero-order chi connectivity index (χ0) is 24.8. The number of ether oxygens (including phenoxy) is 1. The lowest BCUT2D eigenvalue weighted by atomic mass is 10.0. The van der Waals surface area contributed by atoms with E-state index in [9.17, 15) is 9.59 Å². The van der Waals surface area contributed by atoms with Crippen molar-refractivity contribution in [2.24, 2.45) is 10.7 Å². The lowest BCUT2D eigenvalue weighted by Crippen LogP contribution is -2.54. The van der Waals surface area contributed by atoms with Gasteiger partial charge in [0, 0.05) is 49.3 Å². The van der Waals surface area contributed by atoms with Gasteiger partial charge in [-0.15, -0.1) is 0 Å². The second kappa shape index (κ2) is 11.3. The molecule has 2 aliphatic rings. The number of amides is 2. The highest BCUT2D eigenvalue weighted by Crippen LogP contribution is 2.29. The number of rotatable bonds is 9. The van der Waals surface area contributed by atoms with Gasteiger partial charge in [-0.25, -0.2) is 4.99 Å². The van der Waals surface area contributed by atoms with E-state index in [1.807, 2.05) is 47.4 Å². The normalized spacial score (nSPS) is 15.4. The van der Waals surface area contributed by atoms with E-state index < -0.39 is 0 Å². The maximum atomic E-state index is 13.1. The van der Waals surface area contributed by atoms with Crippen molar-refractivity contribution in [1.82, 2.24) is 9.80 Å². The summed E-state index contributed by atoms with van der Waals surface area (Å²) in [6.45, 7) is 7.24. The molecule has 0 spiro atoms. The fourth-order valence-electron chi connectivity index (χ4n) is 4.40. The third-order valence-corrected chi connectivity index (χ3v) is 6.26. The van der Waals surface area contributed by atoms with Crippen LogP contribution in [0.2, 0.25) is 0 Å². The Bertz CT molecular complexity index is 1110. The molecule has 184 valence electrons. The van der Waals surface area contributed by atoms with Crippen LogP contribution in [-0.4, -0.2) is 59.7 Å². The zero-order valence-electron chi connectivity index (χ0n) is 20.6. The van der Waals surface area contributed by atoms with Crippen LogP contribution in [0, 0.1) is 0 Å². The third-order valence-electron chi connectivity index (χ3n) is 6.26. The maximum absolute atomic E-state index is 13.1. The summed E-state index contributed by atoms with van der Waals surface area (Å²) >= 11 is 0. The monoisotopic (exact) mass is 474 g/mol. The Labute approximate surface area is 207 Å². The first kappa shape index (κ1) is 24.7. The molecule has 0 aliphatic carbocycles. The molecule has 0 bridgehead atoms. The quantitative estimate of drug-likeness (QED) is 0.591. The van der Waals surface area contributed by atoms with E-state index in [-0.39, 0.29) is 17.9 Å². The van der Waals surface area contributed by atoms with E-state index in [0.29, 0.717) is 61.9 Å². The number of hydrogen-bond acceptors (Lipinski definition) is 5. The summed E-state index contributed by atoms with van der Waals surface area (Å²) in [6, 6.07) is 15.4. The molecule has 2 aliphatic heterocycles. The van der Waals surface area contributed by atoms with E-state index in [1.165, 1.54) is 0 Å². The fourth-order valence-corrected chi connectivity index (χ4v) is 4.40. The van der Waals surface area contributed by atoms with Crippen molar-refractivity contribution < 1.29 is 14.3 Å². The van der Waals surface area contributed by atoms with Crippen LogP contribution in [0.15, 0.2) is 59.1 Å². The Morgan fingerprint density at radius 1 is 1.09 bits per heavy atom.